The van der Waals surface area contributed by atoms with Crippen LogP contribution in [0.2, 0.25) is 0 Å². The first-order valence-corrected chi connectivity index (χ1v) is 13.1. The monoisotopic (exact) mass is 430 g/mol. The average molecular weight is 431 g/mol. The van der Waals surface area contributed by atoms with Gasteiger partial charge < -0.3 is 15.4 Å². The summed E-state index contributed by atoms with van der Waals surface area (Å²) in [5.74, 6) is 3.50. The molecule has 0 spiro atoms. The topological polar surface area (TPSA) is 90.0 Å². The number of nitrogens with two attached hydrogens (primary N) is 1. The van der Waals surface area contributed by atoms with Gasteiger partial charge in [-0.25, -0.2) is 5.90 Å². The Morgan fingerprint density at radius 1 is 0.733 bits per heavy atom. The Morgan fingerprint density at radius 2 is 1.17 bits per heavy atom. The molecule has 5 nitrogen and oxygen atoms in total. The van der Waals surface area contributed by atoms with Crippen molar-refractivity contribution in [2.24, 2.45) is 5.90 Å². The number of unbranched alkanes of at least 4 members (excludes halogenated alkanes) is 14. The van der Waals surface area contributed by atoms with Gasteiger partial charge in [0, 0.05) is 6.04 Å². The molecule has 30 heavy (non-hydrogen) atoms. The molecule has 0 saturated carbocycles. The number of rotatable bonds is 19. The zero-order valence-electron chi connectivity index (χ0n) is 20.2. The Labute approximate surface area is 187 Å². The van der Waals surface area contributed by atoms with Gasteiger partial charge in [-0.3, -0.25) is 4.90 Å². The fraction of sp³-hybridized carbons (Fsp3) is 1.00. The number of aliphatic hydroxyl groups is 2. The number of nitrogens with zero attached hydrogens (tertiary/aromatic N) is 1. The lowest BCUT2D eigenvalue weighted by atomic mass is 10.0. The van der Waals surface area contributed by atoms with E-state index in [0.29, 0.717) is 6.04 Å². The minimum atomic E-state index is -1.17. The van der Waals surface area contributed by atoms with Crippen molar-refractivity contribution in [1.29, 1.82) is 0 Å². The maximum absolute atomic E-state index is 9.58. The molecule has 5 N–H and O–H groups in total. The van der Waals surface area contributed by atoms with E-state index < -0.39 is 6.29 Å². The van der Waals surface area contributed by atoms with Gasteiger partial charge in [-0.1, -0.05) is 110 Å². The molecule has 1 heterocycles. The largest absolute Gasteiger partial charge is 0.367 e. The number of likely N-dealkylation sites (tertiary alicyclic amines) is 1. The van der Waals surface area contributed by atoms with Crippen LogP contribution in [0.25, 0.3) is 0 Å². The maximum Gasteiger partial charge on any atom is 0.167 e. The minimum absolute atomic E-state index is 0.0266. The zero-order chi connectivity index (χ0) is 22.5. The van der Waals surface area contributed by atoms with Crippen LogP contribution in [0.1, 0.15) is 136 Å². The molecule has 1 aliphatic rings. The minimum Gasteiger partial charge on any atom is -0.367 e. The second kappa shape index (κ2) is 22.0. The van der Waals surface area contributed by atoms with Gasteiger partial charge in [-0.05, 0) is 32.2 Å². The summed E-state index contributed by atoms with van der Waals surface area (Å²) in [5.41, 5.74) is 0. The third-order valence-electron chi connectivity index (χ3n) is 6.77. The van der Waals surface area contributed by atoms with Gasteiger partial charge in [0.15, 0.2) is 6.29 Å². The number of hydrogen-bond acceptors (Lipinski definition) is 5. The van der Waals surface area contributed by atoms with Crippen LogP contribution in [0.15, 0.2) is 0 Å². The lowest BCUT2D eigenvalue weighted by molar-refractivity contribution is -0.0984. The van der Waals surface area contributed by atoms with Gasteiger partial charge in [0.2, 0.25) is 0 Å². The molecule has 5 heteroatoms. The molecule has 1 rings (SSSR count). The molecule has 0 aromatic rings. The lowest BCUT2D eigenvalue weighted by Crippen LogP contribution is -2.44. The molecule has 2 unspecified atom stereocenters. The van der Waals surface area contributed by atoms with Gasteiger partial charge in [0.05, 0.1) is 6.04 Å². The Hall–Kier alpha value is -0.200. The van der Waals surface area contributed by atoms with Crippen LogP contribution < -0.4 is 5.90 Å². The van der Waals surface area contributed by atoms with Crippen molar-refractivity contribution in [1.82, 2.24) is 4.90 Å². The summed E-state index contributed by atoms with van der Waals surface area (Å²) in [6, 6.07) is 0.512. The van der Waals surface area contributed by atoms with E-state index >= 15 is 0 Å². The highest BCUT2D eigenvalue weighted by Crippen LogP contribution is 2.26. The fourth-order valence-electron chi connectivity index (χ4n) is 4.94. The first kappa shape index (κ1) is 29.8. The molecule has 0 aromatic carbocycles. The summed E-state index contributed by atoms with van der Waals surface area (Å²) < 4.78 is 0. The van der Waals surface area contributed by atoms with E-state index in [4.69, 9.17) is 5.21 Å². The van der Waals surface area contributed by atoms with E-state index in [-0.39, 0.29) is 6.04 Å². The highest BCUT2D eigenvalue weighted by molar-refractivity contribution is 4.85. The van der Waals surface area contributed by atoms with Crippen molar-refractivity contribution in [3.63, 3.8) is 0 Å². The van der Waals surface area contributed by atoms with E-state index in [1.54, 1.807) is 0 Å². The Bertz CT molecular complexity index is 342. The molecule has 0 aliphatic carbocycles. The van der Waals surface area contributed by atoms with Crippen molar-refractivity contribution in [3.8, 4) is 0 Å². The second-order valence-corrected chi connectivity index (χ2v) is 9.16. The molecule has 1 fully saturated rings. The van der Waals surface area contributed by atoms with Crippen molar-refractivity contribution < 1.29 is 15.4 Å². The van der Waals surface area contributed by atoms with E-state index in [0.717, 1.165) is 25.8 Å². The van der Waals surface area contributed by atoms with Crippen LogP contribution >= 0.6 is 0 Å². The summed E-state index contributed by atoms with van der Waals surface area (Å²) in [5, 5.41) is 25.7. The summed E-state index contributed by atoms with van der Waals surface area (Å²) >= 11 is 0. The molecule has 1 saturated heterocycles. The fourth-order valence-corrected chi connectivity index (χ4v) is 4.94. The standard InChI is InChI=1S/C25H51NO2.H3NO/c1-3-5-6-7-8-9-10-11-12-13-14-15-16-17-18-20-23(4-2)26-22-19-21-24(26)25(27)28;1-2/h23-25,27-28H,3-22H2,1-2H3;2H,1H2. The van der Waals surface area contributed by atoms with Gasteiger partial charge in [0.1, 0.15) is 0 Å². The van der Waals surface area contributed by atoms with Gasteiger partial charge in [-0.15, -0.1) is 0 Å². The number of hydrogen-bond donors (Lipinski definition) is 4. The van der Waals surface area contributed by atoms with Crippen LogP contribution in [0, 0.1) is 0 Å². The molecule has 2 atom stereocenters. The maximum atomic E-state index is 9.58. The van der Waals surface area contributed by atoms with Crippen molar-refractivity contribution in [2.45, 2.75) is 154 Å². The molecular weight excluding hydrogens is 376 g/mol. The third-order valence-corrected chi connectivity index (χ3v) is 6.77. The lowest BCUT2D eigenvalue weighted by Gasteiger charge is -2.33. The van der Waals surface area contributed by atoms with E-state index in [1.165, 1.54) is 103 Å². The quantitative estimate of drug-likeness (QED) is 0.112. The first-order chi connectivity index (χ1) is 14.7. The second-order valence-electron chi connectivity index (χ2n) is 9.16. The van der Waals surface area contributed by atoms with Crippen LogP contribution in [0.5, 0.6) is 0 Å². The smallest absolute Gasteiger partial charge is 0.167 e. The van der Waals surface area contributed by atoms with Crippen LogP contribution in [-0.4, -0.2) is 45.2 Å². The highest BCUT2D eigenvalue weighted by Gasteiger charge is 2.33. The van der Waals surface area contributed by atoms with Gasteiger partial charge in [-0.2, -0.15) is 0 Å². The molecule has 182 valence electrons. The first-order valence-electron chi connectivity index (χ1n) is 13.1. The van der Waals surface area contributed by atoms with Crippen molar-refractivity contribution in [2.75, 3.05) is 6.54 Å². The van der Waals surface area contributed by atoms with Gasteiger partial charge >= 0.3 is 0 Å². The third kappa shape index (κ3) is 14.7. The van der Waals surface area contributed by atoms with Crippen molar-refractivity contribution >= 4 is 0 Å². The summed E-state index contributed by atoms with van der Waals surface area (Å²) in [4.78, 5) is 2.37. The number of aliphatic hydroxyl groups excluding tert-OH is 1. The predicted octanol–water partition coefficient (Wildman–Crippen LogP) is 6.14. The summed E-state index contributed by atoms with van der Waals surface area (Å²) in [6.45, 7) is 5.57. The van der Waals surface area contributed by atoms with Crippen LogP contribution in [0.3, 0.4) is 0 Å². The normalized spacial score (nSPS) is 17.9. The average Bonchev–Trinajstić information content (AvgIpc) is 3.25. The Balaban J connectivity index is 0.00000407. The molecule has 0 aromatic heterocycles. The SMILES string of the molecule is CCCCCCCCCCCCCCCCCC(CC)N1CCCC1C(O)O.NO. The molecule has 0 radical (unpaired) electrons. The van der Waals surface area contributed by atoms with E-state index in [2.05, 4.69) is 24.6 Å². The Morgan fingerprint density at radius 3 is 1.57 bits per heavy atom. The van der Waals surface area contributed by atoms with Crippen molar-refractivity contribution in [3.05, 3.63) is 0 Å². The Kier molecular flexibility index (Phi) is 21.9. The van der Waals surface area contributed by atoms with Gasteiger partial charge in [0.25, 0.3) is 0 Å². The summed E-state index contributed by atoms with van der Waals surface area (Å²) in [6.07, 6.45) is 24.4. The van der Waals surface area contributed by atoms with Crippen LogP contribution in [-0.2, 0) is 0 Å². The summed E-state index contributed by atoms with van der Waals surface area (Å²) in [7, 11) is 0. The molecule has 0 amide bonds. The predicted molar refractivity (Wildman–Crippen MR) is 128 cm³/mol. The molecule has 1 aliphatic heterocycles. The zero-order valence-corrected chi connectivity index (χ0v) is 20.2. The molecule has 0 bridgehead atoms. The van der Waals surface area contributed by atoms with E-state index in [9.17, 15) is 10.2 Å². The molecular formula is C25H54N2O3. The van der Waals surface area contributed by atoms with Crippen LogP contribution in [0.4, 0.5) is 0 Å². The van der Waals surface area contributed by atoms with E-state index in [1.807, 2.05) is 0 Å². The highest BCUT2D eigenvalue weighted by atomic mass is 16.5.